The van der Waals surface area contributed by atoms with Crippen LogP contribution in [0.1, 0.15) is 5.89 Å². The monoisotopic (exact) mass is 391 g/mol. The standard InChI is InChI=1S/C21H17N3O3S/c1-26-18-7-4-15(12-23-18)20-21(14-2-5-16(25)6-3-14)27-19(24-20)13-28-17-8-10-22-11-9-17/h2-12,25H,13H2,1H3. The molecule has 1 aromatic carbocycles. The van der Waals surface area contributed by atoms with Gasteiger partial charge < -0.3 is 14.3 Å². The van der Waals surface area contributed by atoms with E-state index >= 15 is 0 Å². The Morgan fingerprint density at radius 3 is 2.43 bits per heavy atom. The van der Waals surface area contributed by atoms with Crippen LogP contribution in [0.2, 0.25) is 0 Å². The Morgan fingerprint density at radius 2 is 1.75 bits per heavy atom. The minimum Gasteiger partial charge on any atom is -0.508 e. The zero-order chi connectivity index (χ0) is 19.3. The third-order valence-corrected chi connectivity index (χ3v) is 5.03. The van der Waals surface area contributed by atoms with Crippen LogP contribution in [-0.2, 0) is 5.75 Å². The van der Waals surface area contributed by atoms with Gasteiger partial charge in [-0.2, -0.15) is 0 Å². The van der Waals surface area contributed by atoms with Gasteiger partial charge in [-0.15, -0.1) is 11.8 Å². The first-order chi connectivity index (χ1) is 13.7. The van der Waals surface area contributed by atoms with Crippen LogP contribution >= 0.6 is 11.8 Å². The maximum Gasteiger partial charge on any atom is 0.212 e. The van der Waals surface area contributed by atoms with E-state index in [9.17, 15) is 5.11 Å². The lowest BCUT2D eigenvalue weighted by Gasteiger charge is -2.03. The van der Waals surface area contributed by atoms with Gasteiger partial charge in [0.05, 0.1) is 12.9 Å². The van der Waals surface area contributed by atoms with Crippen LogP contribution in [0.4, 0.5) is 0 Å². The van der Waals surface area contributed by atoms with Crippen LogP contribution < -0.4 is 4.74 Å². The number of hydrogen-bond donors (Lipinski definition) is 1. The molecule has 7 heteroatoms. The van der Waals surface area contributed by atoms with Crippen molar-refractivity contribution in [1.82, 2.24) is 15.0 Å². The number of aromatic nitrogens is 3. The number of rotatable bonds is 6. The molecule has 0 saturated carbocycles. The van der Waals surface area contributed by atoms with E-state index in [2.05, 4.69) is 9.97 Å². The van der Waals surface area contributed by atoms with Crippen LogP contribution in [0.25, 0.3) is 22.6 Å². The van der Waals surface area contributed by atoms with Crippen molar-refractivity contribution in [2.75, 3.05) is 7.11 Å². The number of nitrogens with zero attached hydrogens (tertiary/aromatic N) is 3. The van der Waals surface area contributed by atoms with Crippen LogP contribution in [0.15, 0.2) is 76.4 Å². The molecule has 0 radical (unpaired) electrons. The lowest BCUT2D eigenvalue weighted by Crippen LogP contribution is -1.89. The van der Waals surface area contributed by atoms with Gasteiger partial charge in [-0.05, 0) is 42.5 Å². The molecular formula is C21H17N3O3S. The van der Waals surface area contributed by atoms with Gasteiger partial charge in [-0.3, -0.25) is 4.98 Å². The van der Waals surface area contributed by atoms with Gasteiger partial charge in [0, 0.05) is 40.7 Å². The summed E-state index contributed by atoms with van der Waals surface area (Å²) in [6.45, 7) is 0. The summed E-state index contributed by atoms with van der Waals surface area (Å²) in [6, 6.07) is 14.4. The lowest BCUT2D eigenvalue weighted by molar-refractivity contribution is 0.398. The van der Waals surface area contributed by atoms with Crippen molar-refractivity contribution in [3.8, 4) is 34.2 Å². The summed E-state index contributed by atoms with van der Waals surface area (Å²) in [4.78, 5) is 14.1. The fourth-order valence-electron chi connectivity index (χ4n) is 2.65. The summed E-state index contributed by atoms with van der Waals surface area (Å²) in [5, 5.41) is 9.58. The number of ether oxygens (including phenoxy) is 1. The predicted octanol–water partition coefficient (Wildman–Crippen LogP) is 4.81. The van der Waals surface area contributed by atoms with E-state index in [4.69, 9.17) is 14.1 Å². The largest absolute Gasteiger partial charge is 0.508 e. The second kappa shape index (κ2) is 8.14. The topological polar surface area (TPSA) is 81.3 Å². The molecule has 3 aromatic heterocycles. The molecule has 0 spiro atoms. The van der Waals surface area contributed by atoms with Crippen LogP contribution in [0, 0.1) is 0 Å². The first-order valence-electron chi connectivity index (χ1n) is 8.55. The first-order valence-corrected chi connectivity index (χ1v) is 9.54. The minimum atomic E-state index is 0.199. The summed E-state index contributed by atoms with van der Waals surface area (Å²) in [5.41, 5.74) is 2.36. The molecule has 0 aliphatic heterocycles. The SMILES string of the molecule is COc1ccc(-c2nc(CSc3ccncc3)oc2-c2ccc(O)cc2)cn1. The van der Waals surface area contributed by atoms with Gasteiger partial charge in [0.25, 0.3) is 0 Å². The average Bonchev–Trinajstić information content (AvgIpc) is 3.18. The van der Waals surface area contributed by atoms with E-state index in [0.717, 1.165) is 16.0 Å². The number of thioether (sulfide) groups is 1. The molecule has 4 aromatic rings. The van der Waals surface area contributed by atoms with Crippen molar-refractivity contribution < 1.29 is 14.3 Å². The molecule has 140 valence electrons. The Hall–Kier alpha value is -3.32. The van der Waals surface area contributed by atoms with Crippen molar-refractivity contribution in [3.05, 3.63) is 73.0 Å². The molecule has 4 rings (SSSR count). The zero-order valence-electron chi connectivity index (χ0n) is 15.1. The number of oxazole rings is 1. The molecule has 0 aliphatic carbocycles. The maximum atomic E-state index is 9.58. The number of phenolic OH excluding ortho intramolecular Hbond substituents is 1. The predicted molar refractivity (Wildman–Crippen MR) is 107 cm³/mol. The summed E-state index contributed by atoms with van der Waals surface area (Å²) in [7, 11) is 1.58. The van der Waals surface area contributed by atoms with Crippen molar-refractivity contribution in [3.63, 3.8) is 0 Å². The third kappa shape index (κ3) is 3.99. The van der Waals surface area contributed by atoms with E-state index in [1.165, 1.54) is 0 Å². The third-order valence-electron chi connectivity index (χ3n) is 4.03. The van der Waals surface area contributed by atoms with Crippen molar-refractivity contribution in [2.45, 2.75) is 10.6 Å². The Morgan fingerprint density at radius 1 is 1.00 bits per heavy atom. The number of aromatic hydroxyl groups is 1. The number of benzene rings is 1. The molecule has 1 N–H and O–H groups in total. The highest BCUT2D eigenvalue weighted by atomic mass is 32.2. The molecule has 6 nitrogen and oxygen atoms in total. The minimum absolute atomic E-state index is 0.199. The Balaban J connectivity index is 1.69. The van der Waals surface area contributed by atoms with E-state index < -0.39 is 0 Å². The number of pyridine rings is 2. The normalized spacial score (nSPS) is 10.8. The molecule has 0 saturated heterocycles. The Labute approximate surface area is 166 Å². The molecule has 0 aliphatic rings. The van der Waals surface area contributed by atoms with Crippen molar-refractivity contribution in [2.24, 2.45) is 0 Å². The smallest absolute Gasteiger partial charge is 0.212 e. The summed E-state index contributed by atoms with van der Waals surface area (Å²) < 4.78 is 11.2. The van der Waals surface area contributed by atoms with Gasteiger partial charge in [0.2, 0.25) is 11.8 Å². The van der Waals surface area contributed by atoms with Gasteiger partial charge in [-0.1, -0.05) is 0 Å². The number of hydrogen-bond acceptors (Lipinski definition) is 7. The lowest BCUT2D eigenvalue weighted by atomic mass is 10.1. The highest BCUT2D eigenvalue weighted by molar-refractivity contribution is 7.98. The van der Waals surface area contributed by atoms with Gasteiger partial charge >= 0.3 is 0 Å². The van der Waals surface area contributed by atoms with Crippen molar-refractivity contribution in [1.29, 1.82) is 0 Å². The molecule has 0 amide bonds. The Kier molecular flexibility index (Phi) is 5.25. The van der Waals surface area contributed by atoms with Gasteiger partial charge in [0.15, 0.2) is 5.76 Å². The molecular weight excluding hydrogens is 374 g/mol. The summed E-state index contributed by atoms with van der Waals surface area (Å²) in [6.07, 6.45) is 5.23. The van der Waals surface area contributed by atoms with E-state index in [1.807, 2.05) is 18.2 Å². The summed E-state index contributed by atoms with van der Waals surface area (Å²) >= 11 is 1.62. The second-order valence-corrected chi connectivity index (χ2v) is 6.94. The highest BCUT2D eigenvalue weighted by Crippen LogP contribution is 2.35. The van der Waals surface area contributed by atoms with Crippen LogP contribution in [0.3, 0.4) is 0 Å². The van der Waals surface area contributed by atoms with E-state index in [0.29, 0.717) is 29.0 Å². The van der Waals surface area contributed by atoms with Gasteiger partial charge in [-0.25, -0.2) is 9.97 Å². The Bertz CT molecular complexity index is 1050. The molecule has 28 heavy (non-hydrogen) atoms. The van der Waals surface area contributed by atoms with E-state index in [-0.39, 0.29) is 5.75 Å². The highest BCUT2D eigenvalue weighted by Gasteiger charge is 2.18. The maximum absolute atomic E-state index is 9.58. The van der Waals surface area contributed by atoms with Crippen LogP contribution in [0.5, 0.6) is 11.6 Å². The second-order valence-electron chi connectivity index (χ2n) is 5.89. The molecule has 0 fully saturated rings. The molecule has 0 bridgehead atoms. The number of phenols is 1. The fraction of sp³-hybridized carbons (Fsp3) is 0.0952. The fourth-order valence-corrected chi connectivity index (χ4v) is 3.38. The average molecular weight is 391 g/mol. The first kappa shape index (κ1) is 18.1. The van der Waals surface area contributed by atoms with E-state index in [1.54, 1.807) is 67.8 Å². The number of methoxy groups -OCH3 is 1. The summed E-state index contributed by atoms with van der Waals surface area (Å²) in [5.74, 6) is 2.56. The van der Waals surface area contributed by atoms with Crippen molar-refractivity contribution >= 4 is 11.8 Å². The van der Waals surface area contributed by atoms with Gasteiger partial charge in [0.1, 0.15) is 11.4 Å². The molecule has 0 atom stereocenters. The molecule has 0 unspecified atom stereocenters. The van der Waals surface area contributed by atoms with Crippen LogP contribution in [-0.4, -0.2) is 27.2 Å². The molecule has 3 heterocycles. The quantitative estimate of drug-likeness (QED) is 0.473. The zero-order valence-corrected chi connectivity index (χ0v) is 15.9.